The van der Waals surface area contributed by atoms with E-state index in [2.05, 4.69) is 36.7 Å². The minimum absolute atomic E-state index is 0.111. The van der Waals surface area contributed by atoms with E-state index in [0.717, 1.165) is 17.3 Å². The summed E-state index contributed by atoms with van der Waals surface area (Å²) in [5, 5.41) is 11.8. The Kier molecular flexibility index (Phi) is 7.20. The Morgan fingerprint density at radius 3 is 2.32 bits per heavy atom. The molecule has 1 saturated carbocycles. The molecule has 0 aliphatic heterocycles. The van der Waals surface area contributed by atoms with Crippen molar-refractivity contribution in [2.45, 2.75) is 52.0 Å². The lowest BCUT2D eigenvalue weighted by Gasteiger charge is -2.39. The van der Waals surface area contributed by atoms with Crippen LogP contribution >= 0.6 is 23.3 Å². The van der Waals surface area contributed by atoms with Crippen molar-refractivity contribution in [1.29, 1.82) is 0 Å². The van der Waals surface area contributed by atoms with Crippen LogP contribution in [0, 0.1) is 17.8 Å². The lowest BCUT2D eigenvalue weighted by atomic mass is 9.75. The van der Waals surface area contributed by atoms with Crippen molar-refractivity contribution < 1.29 is 14.2 Å². The number of halogens is 1. The van der Waals surface area contributed by atoms with Crippen molar-refractivity contribution in [2.24, 2.45) is 17.8 Å². The van der Waals surface area contributed by atoms with Gasteiger partial charge in [0.05, 0.1) is 6.10 Å². The molecule has 1 aliphatic rings. The first-order valence-corrected chi connectivity index (χ1v) is 12.6. The fourth-order valence-corrected chi connectivity index (χ4v) is 6.74. The molecule has 3 rings (SSSR count). The molecule has 28 heavy (non-hydrogen) atoms. The highest BCUT2D eigenvalue weighted by Crippen LogP contribution is 2.60. The molecule has 3 nitrogen and oxygen atoms in total. The van der Waals surface area contributed by atoms with Gasteiger partial charge in [0.25, 0.3) is 7.37 Å². The number of benzene rings is 2. The highest BCUT2D eigenvalue weighted by molar-refractivity contribution is 9.10. The molecule has 0 aromatic heterocycles. The van der Waals surface area contributed by atoms with E-state index in [1.807, 2.05) is 30.3 Å². The van der Waals surface area contributed by atoms with Gasteiger partial charge < -0.3 is 9.63 Å². The van der Waals surface area contributed by atoms with Crippen molar-refractivity contribution >= 4 is 28.6 Å². The summed E-state index contributed by atoms with van der Waals surface area (Å²) in [6.07, 6.45) is 3.02. The first-order chi connectivity index (χ1) is 13.3. The predicted octanol–water partition coefficient (Wildman–Crippen LogP) is 6.52. The summed E-state index contributed by atoms with van der Waals surface area (Å²) in [4.78, 5) is 0. The van der Waals surface area contributed by atoms with Gasteiger partial charge in [-0.05, 0) is 60.4 Å². The van der Waals surface area contributed by atoms with Gasteiger partial charge >= 0.3 is 0 Å². The number of aliphatic hydroxyl groups excluding tert-OH is 1. The summed E-state index contributed by atoms with van der Waals surface area (Å²) in [6.45, 7) is 6.64. The molecule has 0 saturated heterocycles. The third kappa shape index (κ3) is 4.79. The maximum absolute atomic E-state index is 14.3. The van der Waals surface area contributed by atoms with Crippen molar-refractivity contribution in [3.8, 4) is 0 Å². The Bertz CT molecular complexity index is 806. The SMILES string of the molecule is CC1CCC(C(C)C)C(OP(=O)(c2ccccc2)C(O)c2ccc(Br)cc2)C1. The minimum Gasteiger partial charge on any atom is -0.378 e. The van der Waals surface area contributed by atoms with Gasteiger partial charge in [0.2, 0.25) is 0 Å². The molecule has 0 spiro atoms. The van der Waals surface area contributed by atoms with Crippen molar-refractivity contribution in [3.63, 3.8) is 0 Å². The molecule has 2 aromatic carbocycles. The molecule has 0 radical (unpaired) electrons. The molecule has 5 heteroatoms. The Morgan fingerprint density at radius 2 is 1.71 bits per heavy atom. The monoisotopic (exact) mass is 464 g/mol. The molecule has 0 amide bonds. The summed E-state index contributed by atoms with van der Waals surface area (Å²) in [5.41, 5.74) is 0.611. The van der Waals surface area contributed by atoms with Crippen LogP contribution < -0.4 is 5.30 Å². The molecule has 0 bridgehead atoms. The van der Waals surface area contributed by atoms with Gasteiger partial charge in [0, 0.05) is 9.78 Å². The number of hydrogen-bond acceptors (Lipinski definition) is 3. The highest BCUT2D eigenvalue weighted by Gasteiger charge is 2.42. The van der Waals surface area contributed by atoms with Crippen LogP contribution in [0.3, 0.4) is 0 Å². The molecule has 5 unspecified atom stereocenters. The van der Waals surface area contributed by atoms with Gasteiger partial charge in [-0.1, -0.05) is 73.5 Å². The average molecular weight is 465 g/mol. The van der Waals surface area contributed by atoms with Gasteiger partial charge in [-0.15, -0.1) is 0 Å². The van der Waals surface area contributed by atoms with E-state index in [0.29, 0.717) is 28.6 Å². The quantitative estimate of drug-likeness (QED) is 0.494. The summed E-state index contributed by atoms with van der Waals surface area (Å²) in [7, 11) is -3.53. The molecule has 2 aromatic rings. The molecule has 1 fully saturated rings. The Balaban J connectivity index is 1.99. The molecule has 5 atom stereocenters. The van der Waals surface area contributed by atoms with E-state index < -0.39 is 13.2 Å². The molecule has 1 aliphatic carbocycles. The topological polar surface area (TPSA) is 46.5 Å². The Hall–Kier alpha value is -0.930. The maximum atomic E-state index is 14.3. The van der Waals surface area contributed by atoms with Crippen LogP contribution in [0.2, 0.25) is 0 Å². The lowest BCUT2D eigenvalue weighted by Crippen LogP contribution is -2.35. The number of hydrogen-bond donors (Lipinski definition) is 1. The van der Waals surface area contributed by atoms with Gasteiger partial charge in [0.1, 0.15) is 0 Å². The first-order valence-electron chi connectivity index (χ1n) is 10.1. The molecule has 1 N–H and O–H groups in total. The zero-order valence-electron chi connectivity index (χ0n) is 16.8. The molecule has 152 valence electrons. The second-order valence-corrected chi connectivity index (χ2v) is 11.7. The van der Waals surface area contributed by atoms with Crippen molar-refractivity contribution in [3.05, 3.63) is 64.6 Å². The Morgan fingerprint density at radius 1 is 1.07 bits per heavy atom. The van der Waals surface area contributed by atoms with Crippen LogP contribution in [0.1, 0.15) is 51.4 Å². The molecular weight excluding hydrogens is 435 g/mol. The summed E-state index contributed by atoms with van der Waals surface area (Å²) < 4.78 is 21.6. The largest absolute Gasteiger partial charge is 0.378 e. The second-order valence-electron chi connectivity index (χ2n) is 8.33. The number of rotatable bonds is 6. The van der Waals surface area contributed by atoms with Crippen LogP contribution in [0.15, 0.2) is 59.1 Å². The van der Waals surface area contributed by atoms with Gasteiger partial charge in [-0.3, -0.25) is 4.57 Å². The van der Waals surface area contributed by atoms with Crippen LogP contribution in [-0.4, -0.2) is 11.2 Å². The smallest absolute Gasteiger partial charge is 0.264 e. The third-order valence-electron chi connectivity index (χ3n) is 5.86. The Labute approximate surface area is 177 Å². The first kappa shape index (κ1) is 21.8. The standard InChI is InChI=1S/C23H30BrO3P/c1-16(2)21-14-9-17(3)15-22(21)27-28(26,20-7-5-4-6-8-20)23(25)18-10-12-19(24)13-11-18/h4-8,10-13,16-17,21-23,25H,9,14-15H2,1-3H3. The van der Waals surface area contributed by atoms with Crippen LogP contribution in [0.4, 0.5) is 0 Å². The van der Waals surface area contributed by atoms with Gasteiger partial charge in [-0.25, -0.2) is 0 Å². The van der Waals surface area contributed by atoms with E-state index in [1.54, 1.807) is 24.3 Å². The zero-order chi connectivity index (χ0) is 20.3. The van der Waals surface area contributed by atoms with Crippen molar-refractivity contribution in [1.82, 2.24) is 0 Å². The summed E-state index contributed by atoms with van der Waals surface area (Å²) in [6, 6.07) is 16.5. The van der Waals surface area contributed by atoms with E-state index in [9.17, 15) is 9.67 Å². The highest BCUT2D eigenvalue weighted by atomic mass is 79.9. The van der Waals surface area contributed by atoms with Crippen LogP contribution in [0.5, 0.6) is 0 Å². The molecule has 0 heterocycles. The van der Waals surface area contributed by atoms with Crippen LogP contribution in [0.25, 0.3) is 0 Å². The summed E-state index contributed by atoms with van der Waals surface area (Å²) >= 11 is 3.42. The fourth-order valence-electron chi connectivity index (χ4n) is 4.16. The minimum atomic E-state index is -3.53. The van der Waals surface area contributed by atoms with E-state index in [4.69, 9.17) is 4.52 Å². The van der Waals surface area contributed by atoms with Crippen LogP contribution in [-0.2, 0) is 9.09 Å². The zero-order valence-corrected chi connectivity index (χ0v) is 19.3. The predicted molar refractivity (Wildman–Crippen MR) is 119 cm³/mol. The number of aliphatic hydroxyl groups is 1. The van der Waals surface area contributed by atoms with Crippen molar-refractivity contribution in [2.75, 3.05) is 0 Å². The molecular formula is C23H30BrO3P. The maximum Gasteiger partial charge on any atom is 0.264 e. The van der Waals surface area contributed by atoms with E-state index in [-0.39, 0.29) is 6.10 Å². The van der Waals surface area contributed by atoms with Gasteiger partial charge in [-0.2, -0.15) is 0 Å². The van der Waals surface area contributed by atoms with E-state index >= 15 is 0 Å². The average Bonchev–Trinajstić information content (AvgIpc) is 2.68. The second kappa shape index (κ2) is 9.26. The van der Waals surface area contributed by atoms with E-state index in [1.165, 1.54) is 6.42 Å². The van der Waals surface area contributed by atoms with Gasteiger partial charge in [0.15, 0.2) is 5.85 Å². The lowest BCUT2D eigenvalue weighted by molar-refractivity contribution is 0.0427. The fraction of sp³-hybridized carbons (Fsp3) is 0.478. The third-order valence-corrected chi connectivity index (χ3v) is 8.93. The summed E-state index contributed by atoms with van der Waals surface area (Å²) in [5.74, 6) is 0.152. The normalized spacial score (nSPS) is 26.0.